The van der Waals surface area contributed by atoms with E-state index in [2.05, 4.69) is 55.4 Å². The Morgan fingerprint density at radius 3 is 0.453 bits per heavy atom. The van der Waals surface area contributed by atoms with Crippen molar-refractivity contribution in [1.29, 1.82) is 0 Å². The molecule has 0 rings (SSSR count). The SMILES string of the molecule is CCCCCCCCOP(=O)(O)OCCCCCCCC.CCCCCCCCOP(=O)(O)OCCCCCCCC.CCCCCCCCOP(=O)([O-])OCCCCCCCC.CCCCCCCCOP(=O)([O-])OCCCCCCCC.S.[Zn+2]. The van der Waals surface area contributed by atoms with Crippen molar-refractivity contribution in [1.82, 2.24) is 0 Å². The van der Waals surface area contributed by atoms with E-state index in [1.165, 1.54) is 180 Å². The van der Waals surface area contributed by atoms with Crippen molar-refractivity contribution in [3.8, 4) is 0 Å². The van der Waals surface area contributed by atoms with Gasteiger partial charge >= 0.3 is 35.1 Å². The maximum atomic E-state index is 11.6. The van der Waals surface area contributed by atoms with Gasteiger partial charge in [0, 0.05) is 0 Å². The maximum absolute atomic E-state index is 11.6. The fourth-order valence-electron chi connectivity index (χ4n) is 8.63. The second kappa shape index (κ2) is 78.9. The molecule has 0 fully saturated rings. The molecule has 0 spiro atoms. The van der Waals surface area contributed by atoms with Crippen molar-refractivity contribution in [2.45, 2.75) is 364 Å². The van der Waals surface area contributed by atoms with E-state index in [9.17, 15) is 37.8 Å². The summed E-state index contributed by atoms with van der Waals surface area (Å²) >= 11 is 0. The molecule has 2 N–H and O–H groups in total. The van der Waals surface area contributed by atoms with Crippen LogP contribution in [0.25, 0.3) is 0 Å². The number of rotatable bonds is 64. The van der Waals surface area contributed by atoms with Gasteiger partial charge in [0.2, 0.25) is 0 Å². The average molecular weight is 1390 g/mol. The van der Waals surface area contributed by atoms with Crippen LogP contribution in [0.5, 0.6) is 0 Å². The first-order chi connectivity index (χ1) is 40.5. The average Bonchev–Trinajstić information content (AvgIpc) is 3.59. The largest absolute Gasteiger partial charge is 2.00 e. The monoisotopic (exact) mass is 1380 g/mol. The van der Waals surface area contributed by atoms with E-state index in [-0.39, 0.29) is 59.4 Å². The minimum Gasteiger partial charge on any atom is -0.756 e. The topological polar surface area (TPSA) is 229 Å². The molecule has 0 aliphatic rings. The minimum atomic E-state index is -4.07. The molecule has 0 unspecified atom stereocenters. The first-order valence-electron chi connectivity index (χ1n) is 34.9. The summed E-state index contributed by atoms with van der Waals surface area (Å²) in [7, 11) is -15.8. The molecule has 0 aliphatic carbocycles. The third-order valence-corrected chi connectivity index (χ3v) is 18.0. The Bertz CT molecular complexity index is 1170. The Labute approximate surface area is 551 Å². The molecule has 0 aliphatic heterocycles. The first kappa shape index (κ1) is 98.5. The van der Waals surface area contributed by atoms with Crippen molar-refractivity contribution in [2.24, 2.45) is 0 Å². The number of unbranched alkanes of at least 4 members (excludes halogenated alkanes) is 40. The van der Waals surface area contributed by atoms with Crippen LogP contribution in [0.3, 0.4) is 0 Å². The molecule has 86 heavy (non-hydrogen) atoms. The van der Waals surface area contributed by atoms with Crippen LogP contribution in [0.4, 0.5) is 0 Å². The van der Waals surface area contributed by atoms with Crippen LogP contribution in [0.2, 0.25) is 0 Å². The van der Waals surface area contributed by atoms with Crippen molar-refractivity contribution < 1.29 is 93.5 Å². The fraction of sp³-hybridized carbons (Fsp3) is 1.00. The van der Waals surface area contributed by atoms with Crippen molar-refractivity contribution >= 4 is 44.8 Å². The molecular weight excluding hydrogens is 1250 g/mol. The number of hydrogen-bond donors (Lipinski definition) is 2. The van der Waals surface area contributed by atoms with Gasteiger partial charge in [-0.25, -0.2) is 9.13 Å². The number of hydrogen-bond acceptors (Lipinski definition) is 14. The number of phosphoric ester groups is 4. The Morgan fingerprint density at radius 1 is 0.221 bits per heavy atom. The van der Waals surface area contributed by atoms with Gasteiger partial charge in [-0.15, -0.1) is 0 Å². The summed E-state index contributed by atoms with van der Waals surface area (Å²) in [5.41, 5.74) is 0. The molecule has 0 atom stereocenters. The molecule has 520 valence electrons. The summed E-state index contributed by atoms with van der Waals surface area (Å²) in [6.45, 7) is 19.7. The zero-order valence-electron chi connectivity index (χ0n) is 57.2. The summed E-state index contributed by atoms with van der Waals surface area (Å²) in [6, 6.07) is 0. The molecule has 0 heterocycles. The molecule has 16 nitrogen and oxygen atoms in total. The van der Waals surface area contributed by atoms with E-state index < -0.39 is 31.3 Å². The summed E-state index contributed by atoms with van der Waals surface area (Å²) in [5, 5.41) is 0. The van der Waals surface area contributed by atoms with Crippen LogP contribution < -0.4 is 9.79 Å². The summed E-state index contributed by atoms with van der Waals surface area (Å²) in [6.07, 6.45) is 53.8. The Balaban J connectivity index is -0.000000246. The van der Waals surface area contributed by atoms with Crippen LogP contribution in [0.1, 0.15) is 364 Å². The van der Waals surface area contributed by atoms with Crippen LogP contribution in [0, 0.1) is 0 Å². The molecule has 0 aromatic heterocycles. The summed E-state index contributed by atoms with van der Waals surface area (Å²) < 4.78 is 85.5. The van der Waals surface area contributed by atoms with Gasteiger partial charge in [0.15, 0.2) is 0 Å². The van der Waals surface area contributed by atoms with Crippen molar-refractivity contribution in [3.63, 3.8) is 0 Å². The van der Waals surface area contributed by atoms with E-state index in [0.717, 1.165) is 128 Å². The smallest absolute Gasteiger partial charge is 0.756 e. The van der Waals surface area contributed by atoms with E-state index >= 15 is 0 Å². The van der Waals surface area contributed by atoms with Crippen LogP contribution in [-0.2, 0) is 73.9 Å². The Kier molecular flexibility index (Phi) is 90.3. The predicted molar refractivity (Wildman–Crippen MR) is 360 cm³/mol. The van der Waals surface area contributed by atoms with E-state index in [0.29, 0.717) is 26.4 Å². The van der Waals surface area contributed by atoms with Gasteiger partial charge in [-0.1, -0.05) is 312 Å². The van der Waals surface area contributed by atoms with Crippen LogP contribution in [0.15, 0.2) is 0 Å². The van der Waals surface area contributed by atoms with E-state index in [1.54, 1.807) is 0 Å². The van der Waals surface area contributed by atoms with Gasteiger partial charge in [-0.05, 0) is 51.4 Å². The Morgan fingerprint density at radius 2 is 0.326 bits per heavy atom. The molecule has 0 saturated heterocycles. The summed E-state index contributed by atoms with van der Waals surface area (Å²) in [4.78, 5) is 42.0. The van der Waals surface area contributed by atoms with Gasteiger partial charge in [-0.2, -0.15) is 13.5 Å². The van der Waals surface area contributed by atoms with Crippen molar-refractivity contribution in [2.75, 3.05) is 52.9 Å². The minimum absolute atomic E-state index is 0. The maximum Gasteiger partial charge on any atom is 2.00 e. The van der Waals surface area contributed by atoms with Gasteiger partial charge in [-0.3, -0.25) is 27.2 Å². The molecule has 22 heteroatoms. The second-order valence-electron chi connectivity index (χ2n) is 22.6. The quantitative estimate of drug-likeness (QED) is 0.0328. The Hall–Kier alpha value is 1.41. The zero-order chi connectivity index (χ0) is 63.3. The van der Waals surface area contributed by atoms with Gasteiger partial charge in [0.05, 0.1) is 52.9 Å². The molecule has 0 amide bonds. The first-order valence-corrected chi connectivity index (χ1v) is 40.8. The van der Waals surface area contributed by atoms with Gasteiger partial charge < -0.3 is 37.7 Å². The standard InChI is InChI=1S/4C16H35O4P.H2S.Zn/c4*1-3-5-7-9-11-13-15-19-21(17,18)20-16-14-12-10-8-6-4-2;;/h4*3-16H2,1-2H3,(H,17,18);1H2;/q;;;;;+2/p-2. The van der Waals surface area contributed by atoms with Crippen LogP contribution >= 0.6 is 44.8 Å². The third kappa shape index (κ3) is 91.8. The molecule has 0 bridgehead atoms. The zero-order valence-corrected chi connectivity index (χ0v) is 64.7. The van der Waals surface area contributed by atoms with E-state index in [4.69, 9.17) is 36.2 Å². The second-order valence-corrected chi connectivity index (χ2v) is 28.4. The van der Waals surface area contributed by atoms with Gasteiger partial charge in [0.1, 0.15) is 0 Å². The van der Waals surface area contributed by atoms with E-state index in [1.807, 2.05) is 0 Å². The van der Waals surface area contributed by atoms with Crippen LogP contribution in [-0.4, -0.2) is 62.6 Å². The normalized spacial score (nSPS) is 11.7. The van der Waals surface area contributed by atoms with Crippen molar-refractivity contribution in [3.05, 3.63) is 0 Å². The molecule has 0 aromatic rings. The molecule has 0 aromatic carbocycles. The fourth-order valence-corrected chi connectivity index (χ4v) is 11.8. The molecular formula is C64H140O16P4SZn. The molecule has 0 radical (unpaired) electrons. The van der Waals surface area contributed by atoms with Gasteiger partial charge in [0.25, 0.3) is 15.6 Å². The predicted octanol–water partition coefficient (Wildman–Crippen LogP) is 22.2. The number of phosphoric acid groups is 4. The third-order valence-electron chi connectivity index (χ3n) is 14.0. The molecule has 0 saturated carbocycles. The summed E-state index contributed by atoms with van der Waals surface area (Å²) in [5.74, 6) is 0.